The van der Waals surface area contributed by atoms with Gasteiger partial charge in [-0.3, -0.25) is 0 Å². The summed E-state index contributed by atoms with van der Waals surface area (Å²) < 4.78 is 31.7. The molecule has 0 aliphatic carbocycles. The van der Waals surface area contributed by atoms with Crippen molar-refractivity contribution in [3.05, 3.63) is 18.0 Å². The Morgan fingerprint density at radius 2 is 2.20 bits per heavy atom. The summed E-state index contributed by atoms with van der Waals surface area (Å²) >= 11 is 0. The Kier molecular flexibility index (Phi) is 5.46. The lowest BCUT2D eigenvalue weighted by Gasteiger charge is -2.11. The minimum absolute atomic E-state index is 0. The summed E-state index contributed by atoms with van der Waals surface area (Å²) in [5.74, 6) is 0. The van der Waals surface area contributed by atoms with Gasteiger partial charge in [-0.2, -0.15) is 0 Å². The van der Waals surface area contributed by atoms with Gasteiger partial charge in [-0.15, -0.1) is 12.4 Å². The number of hydrogen-bond acceptors (Lipinski definition) is 6. The van der Waals surface area contributed by atoms with E-state index in [1.807, 2.05) is 6.92 Å². The minimum Gasteiger partial charge on any atom is -0.336 e. The Labute approximate surface area is 123 Å². The summed E-state index contributed by atoms with van der Waals surface area (Å²) in [7, 11) is -3.63. The molecule has 2 rings (SSSR count). The predicted octanol–water partition coefficient (Wildman–Crippen LogP) is 0.832. The quantitative estimate of drug-likeness (QED) is 0.844. The topological polar surface area (TPSA) is 111 Å². The van der Waals surface area contributed by atoms with Crippen LogP contribution in [-0.2, 0) is 16.4 Å². The Morgan fingerprint density at radius 3 is 2.80 bits per heavy atom. The van der Waals surface area contributed by atoms with Gasteiger partial charge < -0.3 is 10.3 Å². The molecular weight excluding hydrogens is 304 g/mol. The van der Waals surface area contributed by atoms with Crippen LogP contribution in [0.4, 0.5) is 0 Å². The van der Waals surface area contributed by atoms with E-state index in [0.29, 0.717) is 23.2 Å². The van der Waals surface area contributed by atoms with Crippen molar-refractivity contribution in [2.24, 2.45) is 5.73 Å². The summed E-state index contributed by atoms with van der Waals surface area (Å²) in [5, 5.41) is 4.46. The average Bonchev–Trinajstić information content (AvgIpc) is 2.80. The molecule has 0 saturated heterocycles. The van der Waals surface area contributed by atoms with Crippen LogP contribution in [0.1, 0.15) is 19.5 Å². The number of halogens is 1. The first-order chi connectivity index (χ1) is 8.97. The van der Waals surface area contributed by atoms with Crippen molar-refractivity contribution < 1.29 is 12.9 Å². The average molecular weight is 321 g/mol. The molecule has 0 unspecified atom stereocenters. The van der Waals surface area contributed by atoms with Crippen molar-refractivity contribution in [1.82, 2.24) is 14.9 Å². The van der Waals surface area contributed by atoms with Gasteiger partial charge in [-0.25, -0.2) is 18.1 Å². The SMILES string of the molecule is CCc1noc2ncc(S(=O)(=O)N[C@H](C)CN)cc12.Cl. The number of aromatic nitrogens is 2. The van der Waals surface area contributed by atoms with E-state index in [4.69, 9.17) is 10.3 Å². The van der Waals surface area contributed by atoms with E-state index in [9.17, 15) is 8.42 Å². The van der Waals surface area contributed by atoms with Crippen LogP contribution in [-0.4, -0.2) is 31.1 Å². The summed E-state index contributed by atoms with van der Waals surface area (Å²) in [5.41, 5.74) is 6.43. The molecule has 0 bridgehead atoms. The molecule has 0 radical (unpaired) electrons. The molecule has 2 heterocycles. The lowest BCUT2D eigenvalue weighted by molar-refractivity contribution is 0.439. The van der Waals surface area contributed by atoms with Gasteiger partial charge in [0.1, 0.15) is 4.90 Å². The fourth-order valence-electron chi connectivity index (χ4n) is 1.64. The Hall–Kier alpha value is -1.22. The van der Waals surface area contributed by atoms with E-state index >= 15 is 0 Å². The molecule has 20 heavy (non-hydrogen) atoms. The highest BCUT2D eigenvalue weighted by atomic mass is 35.5. The monoisotopic (exact) mass is 320 g/mol. The molecule has 1 atom stereocenters. The summed E-state index contributed by atoms with van der Waals surface area (Å²) in [6, 6.07) is 1.18. The molecule has 0 saturated carbocycles. The summed E-state index contributed by atoms with van der Waals surface area (Å²) in [4.78, 5) is 4.05. The minimum atomic E-state index is -3.63. The van der Waals surface area contributed by atoms with Crippen molar-refractivity contribution in [1.29, 1.82) is 0 Å². The number of pyridine rings is 1. The maximum Gasteiger partial charge on any atom is 0.258 e. The zero-order valence-corrected chi connectivity index (χ0v) is 12.8. The standard InChI is InChI=1S/C11H16N4O3S.ClH/c1-3-10-9-4-8(6-13-11(9)18-14-10)19(16,17)15-7(2)5-12;/h4,6-7,15H,3,5,12H2,1-2H3;1H/t7-;/m1./s1. The van der Waals surface area contributed by atoms with E-state index in [-0.39, 0.29) is 29.9 Å². The molecule has 0 aliphatic rings. The number of nitrogens with zero attached hydrogens (tertiary/aromatic N) is 2. The maximum atomic E-state index is 12.1. The Bertz CT molecular complexity index is 686. The smallest absolute Gasteiger partial charge is 0.258 e. The molecule has 112 valence electrons. The fourth-order valence-corrected chi connectivity index (χ4v) is 2.87. The normalized spacial score (nSPS) is 13.2. The zero-order valence-electron chi connectivity index (χ0n) is 11.2. The third kappa shape index (κ3) is 3.26. The second kappa shape index (κ2) is 6.49. The molecule has 2 aromatic heterocycles. The lowest BCUT2D eigenvalue weighted by atomic mass is 10.2. The third-order valence-electron chi connectivity index (χ3n) is 2.73. The first-order valence-electron chi connectivity index (χ1n) is 5.94. The number of hydrogen-bond donors (Lipinski definition) is 2. The summed E-state index contributed by atoms with van der Waals surface area (Å²) in [6.45, 7) is 3.83. The molecule has 0 fully saturated rings. The third-order valence-corrected chi connectivity index (χ3v) is 4.29. The molecule has 0 aliphatic heterocycles. The molecule has 3 N–H and O–H groups in total. The fraction of sp³-hybridized carbons (Fsp3) is 0.455. The highest BCUT2D eigenvalue weighted by molar-refractivity contribution is 7.89. The van der Waals surface area contributed by atoms with Crippen LogP contribution in [0.3, 0.4) is 0 Å². The molecular formula is C11H17ClN4O3S. The predicted molar refractivity (Wildman–Crippen MR) is 77.3 cm³/mol. The van der Waals surface area contributed by atoms with Crippen LogP contribution >= 0.6 is 12.4 Å². The van der Waals surface area contributed by atoms with Gasteiger partial charge in [-0.05, 0) is 19.4 Å². The molecule has 2 aromatic rings. The van der Waals surface area contributed by atoms with Crippen LogP contribution in [0.5, 0.6) is 0 Å². The van der Waals surface area contributed by atoms with Crippen molar-refractivity contribution >= 4 is 33.5 Å². The van der Waals surface area contributed by atoms with Crippen LogP contribution in [0.2, 0.25) is 0 Å². The van der Waals surface area contributed by atoms with Crippen molar-refractivity contribution in [3.63, 3.8) is 0 Å². The van der Waals surface area contributed by atoms with E-state index in [2.05, 4.69) is 14.9 Å². The van der Waals surface area contributed by atoms with Gasteiger partial charge in [0, 0.05) is 12.6 Å². The first kappa shape index (κ1) is 16.8. The molecule has 0 amide bonds. The Morgan fingerprint density at radius 1 is 1.50 bits per heavy atom. The number of fused-ring (bicyclic) bond motifs is 1. The van der Waals surface area contributed by atoms with E-state index in [1.54, 1.807) is 6.92 Å². The van der Waals surface area contributed by atoms with E-state index < -0.39 is 10.0 Å². The Balaban J connectivity index is 0.00000200. The van der Waals surface area contributed by atoms with Crippen molar-refractivity contribution in [2.75, 3.05) is 6.54 Å². The van der Waals surface area contributed by atoms with Gasteiger partial charge in [0.05, 0.1) is 17.3 Å². The lowest BCUT2D eigenvalue weighted by Crippen LogP contribution is -2.37. The van der Waals surface area contributed by atoms with Crippen LogP contribution < -0.4 is 10.5 Å². The zero-order chi connectivity index (χ0) is 14.0. The van der Waals surface area contributed by atoms with Gasteiger partial charge in [0.15, 0.2) is 0 Å². The van der Waals surface area contributed by atoms with Gasteiger partial charge in [0.2, 0.25) is 10.0 Å². The second-order valence-electron chi connectivity index (χ2n) is 4.26. The van der Waals surface area contributed by atoms with Gasteiger partial charge >= 0.3 is 0 Å². The number of sulfonamides is 1. The van der Waals surface area contributed by atoms with Crippen LogP contribution in [0, 0.1) is 0 Å². The maximum absolute atomic E-state index is 12.1. The molecule has 9 heteroatoms. The number of nitrogens with one attached hydrogen (secondary N) is 1. The first-order valence-corrected chi connectivity index (χ1v) is 7.43. The van der Waals surface area contributed by atoms with Gasteiger partial charge in [0.25, 0.3) is 5.71 Å². The van der Waals surface area contributed by atoms with Crippen molar-refractivity contribution in [3.8, 4) is 0 Å². The van der Waals surface area contributed by atoms with E-state index in [0.717, 1.165) is 0 Å². The molecule has 7 nitrogen and oxygen atoms in total. The number of rotatable bonds is 5. The van der Waals surface area contributed by atoms with Gasteiger partial charge in [-0.1, -0.05) is 12.1 Å². The summed E-state index contributed by atoms with van der Waals surface area (Å²) in [6.07, 6.45) is 1.89. The van der Waals surface area contributed by atoms with E-state index in [1.165, 1.54) is 12.3 Å². The van der Waals surface area contributed by atoms with Crippen LogP contribution in [0.25, 0.3) is 11.1 Å². The molecule has 0 spiro atoms. The second-order valence-corrected chi connectivity index (χ2v) is 5.98. The highest BCUT2D eigenvalue weighted by Gasteiger charge is 2.19. The highest BCUT2D eigenvalue weighted by Crippen LogP contribution is 2.20. The van der Waals surface area contributed by atoms with Crippen LogP contribution in [0.15, 0.2) is 21.7 Å². The largest absolute Gasteiger partial charge is 0.336 e. The number of nitrogens with two attached hydrogens (primary N) is 1. The number of aryl methyl sites for hydroxylation is 1. The van der Waals surface area contributed by atoms with Crippen molar-refractivity contribution in [2.45, 2.75) is 31.2 Å². The molecule has 0 aromatic carbocycles.